The fourth-order valence-electron chi connectivity index (χ4n) is 3.36. The van der Waals surface area contributed by atoms with Crippen LogP contribution in [0, 0.1) is 34.3 Å². The zero-order valence-corrected chi connectivity index (χ0v) is 18.9. The second-order valence-electron chi connectivity index (χ2n) is 6.51. The van der Waals surface area contributed by atoms with Gasteiger partial charge in [-0.3, -0.25) is 0 Å². The molecule has 0 aliphatic heterocycles. The van der Waals surface area contributed by atoms with Crippen LogP contribution in [0.1, 0.15) is 16.7 Å². The molecule has 28 heavy (non-hydrogen) atoms. The summed E-state index contributed by atoms with van der Waals surface area (Å²) in [6, 6.07) is 25.8. The van der Waals surface area contributed by atoms with Crippen molar-refractivity contribution in [2.75, 3.05) is 0 Å². The van der Waals surface area contributed by atoms with Crippen molar-refractivity contribution >= 4 is 0 Å². The van der Waals surface area contributed by atoms with E-state index in [1.807, 2.05) is 36.4 Å². The predicted molar refractivity (Wildman–Crippen MR) is 112 cm³/mol. The van der Waals surface area contributed by atoms with Gasteiger partial charge in [0.05, 0.1) is 5.82 Å². The van der Waals surface area contributed by atoms with Crippen molar-refractivity contribution in [1.29, 1.82) is 0 Å². The first-order valence-electron chi connectivity index (χ1n) is 8.72. The van der Waals surface area contributed by atoms with Crippen LogP contribution in [0.25, 0.3) is 28.5 Å². The van der Waals surface area contributed by atoms with Gasteiger partial charge in [0.2, 0.25) is 0 Å². The van der Waals surface area contributed by atoms with Crippen molar-refractivity contribution in [3.63, 3.8) is 0 Å². The van der Waals surface area contributed by atoms with Crippen LogP contribution in [-0.4, -0.2) is 14.8 Å². The molecule has 0 spiro atoms. The molecule has 3 aromatic carbocycles. The molecule has 4 aromatic rings. The molecule has 145 valence electrons. The molecule has 0 saturated heterocycles. The van der Waals surface area contributed by atoms with Crippen molar-refractivity contribution < 1.29 is 20.1 Å². The molecule has 0 N–H and O–H groups in total. The smallest absolute Gasteiger partial charge is 0.159 e. The monoisotopic (exact) mass is 546 g/mol. The molecule has 1 aromatic heterocycles. The molecule has 0 saturated carbocycles. The molecule has 1 heterocycles. The van der Waals surface area contributed by atoms with Crippen molar-refractivity contribution in [3.05, 3.63) is 96.9 Å². The number of nitrogens with zero attached hydrogens (tertiary/aromatic N) is 3. The molecule has 0 atom stereocenters. The van der Waals surface area contributed by atoms with Gasteiger partial charge in [0, 0.05) is 31.4 Å². The maximum Gasteiger partial charge on any atom is 0.159 e. The second kappa shape index (κ2) is 9.09. The van der Waals surface area contributed by atoms with E-state index in [-0.39, 0.29) is 27.5 Å². The maximum atomic E-state index is 4.58. The first-order chi connectivity index (χ1) is 12.7. The van der Waals surface area contributed by atoms with Crippen LogP contribution in [0.5, 0.6) is 0 Å². The van der Waals surface area contributed by atoms with Crippen LogP contribution < -0.4 is 0 Å². The van der Waals surface area contributed by atoms with E-state index in [1.165, 1.54) is 16.7 Å². The zero-order chi connectivity index (χ0) is 18.1. The first-order valence-corrected chi connectivity index (χ1v) is 8.72. The molecule has 0 fully saturated rings. The molecule has 4 heteroatoms. The quantitative estimate of drug-likeness (QED) is 0.306. The number of benzene rings is 3. The molecular weight excluding hydrogens is 523 g/mol. The van der Waals surface area contributed by atoms with Crippen LogP contribution in [-0.2, 0) is 20.1 Å². The number of aromatic nitrogens is 3. The van der Waals surface area contributed by atoms with E-state index in [0.29, 0.717) is 0 Å². The van der Waals surface area contributed by atoms with E-state index < -0.39 is 0 Å². The number of hydrogen-bond acceptors (Lipinski definition) is 2. The fourth-order valence-corrected chi connectivity index (χ4v) is 3.36. The number of hydrogen-bond donors (Lipinski definition) is 0. The van der Waals surface area contributed by atoms with Crippen molar-refractivity contribution in [2.45, 2.75) is 20.8 Å². The third kappa shape index (κ3) is 3.84. The van der Waals surface area contributed by atoms with Gasteiger partial charge in [0.1, 0.15) is 0 Å². The first kappa shape index (κ1) is 21.7. The van der Waals surface area contributed by atoms with Gasteiger partial charge in [-0.25, -0.2) is 0 Å². The van der Waals surface area contributed by atoms with Crippen LogP contribution in [0.4, 0.5) is 0 Å². The largest absolute Gasteiger partial charge is 0.358 e. The minimum Gasteiger partial charge on any atom is -0.358 e. The zero-order valence-electron chi connectivity index (χ0n) is 16.5. The van der Waals surface area contributed by atoms with E-state index in [4.69, 9.17) is 0 Å². The molecule has 0 bridgehead atoms. The number of rotatable bonds is 3. The van der Waals surface area contributed by atoms with Crippen LogP contribution in [0.2, 0.25) is 0 Å². The van der Waals surface area contributed by atoms with Crippen molar-refractivity contribution in [3.8, 4) is 28.5 Å². The normalized spacial score (nSPS) is 10.1. The topological polar surface area (TPSA) is 30.7 Å². The Labute approximate surface area is 180 Å². The summed E-state index contributed by atoms with van der Waals surface area (Å²) in [5.74, 6) is 1.66. The Balaban J connectivity index is 0.00000140. The van der Waals surface area contributed by atoms with E-state index >= 15 is 0 Å². The summed E-state index contributed by atoms with van der Waals surface area (Å²) in [5, 5.41) is 9.12. The molecule has 1 radical (unpaired) electrons. The Morgan fingerprint density at radius 3 is 1.96 bits per heavy atom. The van der Waals surface area contributed by atoms with Gasteiger partial charge in [-0.05, 0) is 37.5 Å². The molecule has 0 unspecified atom stereocenters. The fraction of sp³-hybridized carbons (Fsp3) is 0.125. The molecule has 0 aliphatic carbocycles. The van der Waals surface area contributed by atoms with Gasteiger partial charge >= 0.3 is 0 Å². The maximum absolute atomic E-state index is 4.58. The third-order valence-electron chi connectivity index (χ3n) is 4.66. The van der Waals surface area contributed by atoms with Gasteiger partial charge in [0.15, 0.2) is 5.82 Å². The summed E-state index contributed by atoms with van der Waals surface area (Å²) in [6.45, 7) is 6.36. The van der Waals surface area contributed by atoms with Crippen molar-refractivity contribution in [1.82, 2.24) is 14.8 Å². The van der Waals surface area contributed by atoms with Crippen molar-refractivity contribution in [2.24, 2.45) is 0 Å². The summed E-state index contributed by atoms with van der Waals surface area (Å²) in [7, 11) is 0. The Morgan fingerprint density at radius 2 is 1.32 bits per heavy atom. The molecular formula is C24H23IrN3-2. The Hall–Kier alpha value is -2.55. The minimum absolute atomic E-state index is 0. The summed E-state index contributed by atoms with van der Waals surface area (Å²) in [6.07, 6.45) is 0. The standard InChI is InChI=1S/C23H20N3.CH3.Ir/c1-16-10-7-8-15-20(16)23-25-24-22(19-13-5-4-6-14-19)26(23)21-17(2)11-9-12-18(21)3;;/h4-13,15H,1-3H3;1H3;/q2*-1;. The molecule has 0 amide bonds. The van der Waals surface area contributed by atoms with E-state index in [2.05, 4.69) is 71.9 Å². The predicted octanol–water partition coefficient (Wildman–Crippen LogP) is 5.77. The van der Waals surface area contributed by atoms with Crippen LogP contribution >= 0.6 is 0 Å². The molecule has 3 nitrogen and oxygen atoms in total. The van der Waals surface area contributed by atoms with Crippen LogP contribution in [0.15, 0.2) is 66.7 Å². The van der Waals surface area contributed by atoms with E-state index in [0.717, 1.165) is 28.5 Å². The number of para-hydroxylation sites is 1. The SMILES string of the molecule is Cc1ccccc1-c1nnc(-c2[c-]cccc2)n1-c1c(C)cccc1C.[CH3-].[Ir]. The Kier molecular flexibility index (Phi) is 7.06. The summed E-state index contributed by atoms with van der Waals surface area (Å²) < 4.78 is 2.17. The molecule has 0 aliphatic rings. The number of aryl methyl sites for hydroxylation is 3. The van der Waals surface area contributed by atoms with Gasteiger partial charge < -0.3 is 12.0 Å². The summed E-state index contributed by atoms with van der Waals surface area (Å²) in [4.78, 5) is 0. The Morgan fingerprint density at radius 1 is 0.714 bits per heavy atom. The van der Waals surface area contributed by atoms with Gasteiger partial charge in [-0.2, -0.15) is 5.10 Å². The molecule has 4 rings (SSSR count). The second-order valence-corrected chi connectivity index (χ2v) is 6.51. The average Bonchev–Trinajstić information content (AvgIpc) is 3.07. The van der Waals surface area contributed by atoms with Gasteiger partial charge in [0.25, 0.3) is 0 Å². The van der Waals surface area contributed by atoms with Gasteiger partial charge in [-0.15, -0.1) is 41.0 Å². The summed E-state index contributed by atoms with van der Waals surface area (Å²) in [5.41, 5.74) is 6.71. The van der Waals surface area contributed by atoms with E-state index in [1.54, 1.807) is 0 Å². The van der Waals surface area contributed by atoms with Gasteiger partial charge in [-0.1, -0.05) is 42.5 Å². The summed E-state index contributed by atoms with van der Waals surface area (Å²) >= 11 is 0. The average molecular weight is 546 g/mol. The third-order valence-corrected chi connectivity index (χ3v) is 4.66. The van der Waals surface area contributed by atoms with E-state index in [9.17, 15) is 0 Å². The Bertz CT molecular complexity index is 1050. The van der Waals surface area contributed by atoms with Crippen LogP contribution in [0.3, 0.4) is 0 Å². The minimum atomic E-state index is 0.